The number of nitrogens with one attached hydrogen (secondary N) is 2. The third-order valence-electron chi connectivity index (χ3n) is 6.45. The van der Waals surface area contributed by atoms with E-state index in [1.54, 1.807) is 24.6 Å². The van der Waals surface area contributed by atoms with Gasteiger partial charge < -0.3 is 20.7 Å². The minimum Gasteiger partial charge on any atom is -0.486 e. The molecule has 12 heteroatoms. The van der Waals surface area contributed by atoms with Crippen LogP contribution in [0.15, 0.2) is 36.7 Å². The van der Waals surface area contributed by atoms with E-state index in [1.807, 2.05) is 24.8 Å². The third kappa shape index (κ3) is 6.21. The molecule has 0 aliphatic carbocycles. The second kappa shape index (κ2) is 13.0. The summed E-state index contributed by atoms with van der Waals surface area (Å²) in [7, 11) is 1.50. The summed E-state index contributed by atoms with van der Waals surface area (Å²) in [5, 5.41) is 20.0. The van der Waals surface area contributed by atoms with Crippen LogP contribution in [-0.2, 0) is 0 Å². The van der Waals surface area contributed by atoms with Crippen LogP contribution in [0.2, 0.25) is 10.2 Å². The lowest BCUT2D eigenvalue weighted by Crippen LogP contribution is -2.71. The van der Waals surface area contributed by atoms with Gasteiger partial charge >= 0.3 is 0 Å². The van der Waals surface area contributed by atoms with Crippen molar-refractivity contribution in [2.45, 2.75) is 20.0 Å². The van der Waals surface area contributed by atoms with Gasteiger partial charge in [-0.05, 0) is 44.8 Å². The normalized spacial score (nSPS) is 15.7. The van der Waals surface area contributed by atoms with Crippen LogP contribution in [0.25, 0.3) is 0 Å². The highest BCUT2D eigenvalue weighted by Crippen LogP contribution is 2.38. The molecule has 0 bridgehead atoms. The Bertz CT molecular complexity index is 1260. The number of aromatic nitrogens is 3. The average Bonchev–Trinajstić information content (AvgIpc) is 2.86. The first-order valence-corrected chi connectivity index (χ1v) is 13.6. The van der Waals surface area contributed by atoms with Gasteiger partial charge in [-0.3, -0.25) is 5.41 Å². The van der Waals surface area contributed by atoms with Crippen molar-refractivity contribution in [2.75, 3.05) is 44.4 Å². The quantitative estimate of drug-likeness (QED) is 0.247. The highest BCUT2D eigenvalue weighted by molar-refractivity contribution is 7.79. The molecule has 0 saturated carbocycles. The number of thiol groups is 1. The average molecular weight is 581 g/mol. The monoisotopic (exact) mass is 579 g/mol. The highest BCUT2D eigenvalue weighted by Gasteiger charge is 2.48. The standard InChI is InChI=1S/C24H23Cl2FN6O.CH5N.CH4S/c1-13-3-4-15(6-19(13)34-14(2)20-17(25)8-31-32-22(20)26)21(28)16-5-18(27)23(30-7-16)33-11-24(12-33)9-29-10-24;2*1-2/h3-8,14,28-29H,9-12H2,1-2H3;2H2,1H3;2H,1H3. The first-order chi connectivity index (χ1) is 18.3. The van der Waals surface area contributed by atoms with Crippen LogP contribution >= 0.6 is 35.8 Å². The van der Waals surface area contributed by atoms with Crippen LogP contribution in [0.4, 0.5) is 10.2 Å². The van der Waals surface area contributed by atoms with Gasteiger partial charge in [0.25, 0.3) is 0 Å². The van der Waals surface area contributed by atoms with Crippen LogP contribution in [-0.4, -0.2) is 60.4 Å². The highest BCUT2D eigenvalue weighted by atomic mass is 35.5. The summed E-state index contributed by atoms with van der Waals surface area (Å²) in [5.74, 6) is 0.482. The number of anilines is 1. The Balaban J connectivity index is 0.000000956. The van der Waals surface area contributed by atoms with Gasteiger partial charge in [-0.15, -0.1) is 5.10 Å². The Morgan fingerprint density at radius 2 is 1.87 bits per heavy atom. The van der Waals surface area contributed by atoms with Crippen LogP contribution in [0.5, 0.6) is 5.75 Å². The molecule has 5 rings (SSSR count). The van der Waals surface area contributed by atoms with Crippen molar-refractivity contribution in [1.29, 1.82) is 5.41 Å². The predicted molar refractivity (Wildman–Crippen MR) is 155 cm³/mol. The molecule has 1 unspecified atom stereocenters. The molecule has 2 saturated heterocycles. The number of nitrogens with zero attached hydrogens (tertiary/aromatic N) is 4. The Kier molecular flexibility index (Phi) is 10.3. The Labute approximate surface area is 238 Å². The van der Waals surface area contributed by atoms with E-state index in [0.29, 0.717) is 33.3 Å². The first kappa shape index (κ1) is 30.0. The summed E-state index contributed by atoms with van der Waals surface area (Å²) >= 11 is 15.9. The van der Waals surface area contributed by atoms with Gasteiger partial charge in [-0.25, -0.2) is 9.37 Å². The van der Waals surface area contributed by atoms with Crippen molar-refractivity contribution in [3.05, 3.63) is 74.9 Å². The number of hydrogen-bond donors (Lipinski definition) is 4. The molecular weight excluding hydrogens is 548 g/mol. The third-order valence-corrected chi connectivity index (χ3v) is 7.03. The Morgan fingerprint density at radius 1 is 1.18 bits per heavy atom. The molecule has 38 heavy (non-hydrogen) atoms. The molecule has 4 N–H and O–H groups in total. The Hall–Kier alpha value is -2.50. The molecule has 1 spiro atoms. The molecule has 0 radical (unpaired) electrons. The number of nitrogens with two attached hydrogens (primary N) is 1. The van der Waals surface area contributed by atoms with Crippen LogP contribution < -0.4 is 20.7 Å². The fourth-order valence-electron chi connectivity index (χ4n) is 4.43. The molecule has 3 aromatic rings. The van der Waals surface area contributed by atoms with E-state index in [4.69, 9.17) is 33.3 Å². The molecule has 2 aliphatic rings. The lowest BCUT2D eigenvalue weighted by molar-refractivity contribution is 0.119. The molecule has 204 valence electrons. The van der Waals surface area contributed by atoms with Crippen molar-refractivity contribution in [1.82, 2.24) is 20.5 Å². The number of halogens is 3. The SMILES string of the molecule is CN.CS.Cc1ccc(C(=N)c2cnc(N3CC4(CNC4)C3)c(F)c2)cc1OC(C)c1c(Cl)cnnc1Cl. The van der Waals surface area contributed by atoms with E-state index >= 15 is 0 Å². The zero-order valence-corrected chi connectivity index (χ0v) is 24.1. The number of pyridine rings is 1. The van der Waals surface area contributed by atoms with E-state index in [-0.39, 0.29) is 16.3 Å². The first-order valence-electron chi connectivity index (χ1n) is 11.9. The fraction of sp³-hybridized carbons (Fsp3) is 0.385. The van der Waals surface area contributed by atoms with Gasteiger partial charge in [0.1, 0.15) is 11.9 Å². The molecule has 1 atom stereocenters. The maximum atomic E-state index is 14.9. The van der Waals surface area contributed by atoms with E-state index < -0.39 is 11.9 Å². The zero-order chi connectivity index (χ0) is 28.0. The largest absolute Gasteiger partial charge is 0.486 e. The Morgan fingerprint density at radius 3 is 2.45 bits per heavy atom. The van der Waals surface area contributed by atoms with E-state index in [9.17, 15) is 4.39 Å². The lowest BCUT2D eigenvalue weighted by Gasteiger charge is -2.56. The van der Waals surface area contributed by atoms with E-state index in [0.717, 1.165) is 31.7 Å². The second-order valence-electron chi connectivity index (χ2n) is 9.00. The van der Waals surface area contributed by atoms with Crippen LogP contribution in [0.3, 0.4) is 0 Å². The topological polar surface area (TPSA) is 113 Å². The maximum absolute atomic E-state index is 14.9. The van der Waals surface area contributed by atoms with Crippen LogP contribution in [0.1, 0.15) is 35.3 Å². The molecule has 2 aromatic heterocycles. The molecule has 4 heterocycles. The summed E-state index contributed by atoms with van der Waals surface area (Å²) in [5.41, 5.74) is 7.31. The van der Waals surface area contributed by atoms with Gasteiger partial charge in [0.2, 0.25) is 0 Å². The smallest absolute Gasteiger partial charge is 0.166 e. The number of aryl methyl sites for hydroxylation is 1. The predicted octanol–water partition coefficient (Wildman–Crippen LogP) is 4.71. The number of ether oxygens (including phenoxy) is 1. The number of benzene rings is 1. The van der Waals surface area contributed by atoms with Gasteiger partial charge in [-0.2, -0.15) is 17.7 Å². The van der Waals surface area contributed by atoms with Crippen molar-refractivity contribution in [2.24, 2.45) is 11.1 Å². The summed E-state index contributed by atoms with van der Waals surface area (Å²) in [6, 6.07) is 6.78. The second-order valence-corrected chi connectivity index (χ2v) is 9.77. The molecule has 2 aliphatic heterocycles. The summed E-state index contributed by atoms with van der Waals surface area (Å²) in [6.45, 7) is 7.26. The summed E-state index contributed by atoms with van der Waals surface area (Å²) in [4.78, 5) is 6.29. The summed E-state index contributed by atoms with van der Waals surface area (Å²) in [6.07, 6.45) is 4.16. The van der Waals surface area contributed by atoms with Crippen molar-refractivity contribution in [3.8, 4) is 5.75 Å². The molecule has 2 fully saturated rings. The molecule has 1 aromatic carbocycles. The van der Waals surface area contributed by atoms with Gasteiger partial charge in [0.05, 0.1) is 22.5 Å². The molecule has 0 amide bonds. The number of hydrogen-bond acceptors (Lipinski definition) is 9. The van der Waals surface area contributed by atoms with Gasteiger partial charge in [0.15, 0.2) is 16.8 Å². The van der Waals surface area contributed by atoms with E-state index in [1.165, 1.54) is 19.3 Å². The fourth-order valence-corrected chi connectivity index (χ4v) is 5.06. The van der Waals surface area contributed by atoms with Crippen molar-refractivity contribution in [3.63, 3.8) is 0 Å². The zero-order valence-electron chi connectivity index (χ0n) is 21.7. The molecular formula is C26H32Cl2FN7OS. The van der Waals surface area contributed by atoms with E-state index in [2.05, 4.69) is 38.9 Å². The maximum Gasteiger partial charge on any atom is 0.166 e. The number of rotatable bonds is 6. The lowest BCUT2D eigenvalue weighted by atomic mass is 9.74. The minimum absolute atomic E-state index is 0.153. The minimum atomic E-state index is -0.497. The van der Waals surface area contributed by atoms with Crippen LogP contribution in [0, 0.1) is 23.6 Å². The summed E-state index contributed by atoms with van der Waals surface area (Å²) < 4.78 is 21.0. The van der Waals surface area contributed by atoms with Gasteiger partial charge in [-0.1, -0.05) is 35.3 Å². The van der Waals surface area contributed by atoms with Crippen molar-refractivity contribution >= 4 is 47.4 Å². The van der Waals surface area contributed by atoms with Crippen molar-refractivity contribution < 1.29 is 9.13 Å². The molecule has 8 nitrogen and oxygen atoms in total. The van der Waals surface area contributed by atoms with Gasteiger partial charge in [0, 0.05) is 48.9 Å².